The number of anilines is 2. The van der Waals surface area contributed by atoms with Gasteiger partial charge in [0.1, 0.15) is 12.1 Å². The molecule has 2 aromatic carbocycles. The molecule has 4 unspecified atom stereocenters. The zero-order valence-electron chi connectivity index (χ0n) is 22.4. The number of rotatable bonds is 10. The van der Waals surface area contributed by atoms with Crippen molar-refractivity contribution in [3.05, 3.63) is 59.7 Å². The molecule has 0 aliphatic carbocycles. The third-order valence-electron chi connectivity index (χ3n) is 7.58. The van der Waals surface area contributed by atoms with Crippen LogP contribution in [0.25, 0.3) is 0 Å². The highest BCUT2D eigenvalue weighted by Gasteiger charge is 2.44. The highest BCUT2D eigenvalue weighted by Crippen LogP contribution is 2.39. The number of benzene rings is 2. The number of nitrogens with one attached hydrogen (secondary N) is 2. The summed E-state index contributed by atoms with van der Waals surface area (Å²) in [6, 6.07) is 13.5. The molecule has 2 aromatic rings. The molecule has 38 heavy (non-hydrogen) atoms. The molecule has 0 saturated carbocycles. The number of nitrogens with zero attached hydrogens (tertiary/aromatic N) is 1. The third kappa shape index (κ3) is 5.74. The van der Waals surface area contributed by atoms with Crippen molar-refractivity contribution in [2.45, 2.75) is 71.4 Å². The van der Waals surface area contributed by atoms with Crippen molar-refractivity contribution in [2.24, 2.45) is 23.5 Å². The fraction of sp³-hybridized carbons (Fsp3) is 0.467. The van der Waals surface area contributed by atoms with Crippen LogP contribution in [0, 0.1) is 17.8 Å². The Morgan fingerprint density at radius 3 is 2.39 bits per heavy atom. The van der Waals surface area contributed by atoms with Gasteiger partial charge in [-0.3, -0.25) is 24.1 Å². The first-order valence-electron chi connectivity index (χ1n) is 13.6. The molecule has 2 aliphatic rings. The first-order chi connectivity index (χ1) is 18.2. The quantitative estimate of drug-likeness (QED) is 0.445. The second-order valence-electron chi connectivity index (χ2n) is 10.8. The predicted octanol–water partition coefficient (Wildman–Crippen LogP) is 3.58. The van der Waals surface area contributed by atoms with Gasteiger partial charge in [-0.1, -0.05) is 63.6 Å². The van der Waals surface area contributed by atoms with Crippen molar-refractivity contribution >= 4 is 35.0 Å². The van der Waals surface area contributed by atoms with E-state index in [1.54, 1.807) is 17.0 Å². The largest absolute Gasteiger partial charge is 0.369 e. The number of aryl methyl sites for hydroxylation is 1. The first kappa shape index (κ1) is 27.4. The number of hydrogen-bond acceptors (Lipinski definition) is 4. The van der Waals surface area contributed by atoms with E-state index in [2.05, 4.69) is 10.6 Å². The molecular formula is C30H38N4O4. The fourth-order valence-electron chi connectivity index (χ4n) is 5.82. The molecule has 2 aliphatic heterocycles. The van der Waals surface area contributed by atoms with Crippen LogP contribution in [-0.4, -0.2) is 35.7 Å². The molecule has 8 nitrogen and oxygen atoms in total. The van der Waals surface area contributed by atoms with Crippen LogP contribution in [0.5, 0.6) is 0 Å². The number of carbonyl (C=O) groups is 4. The SMILES string of the molecule is CCCC(C(N)=O)C(CC(C)C)C(=O)NC1CCc2cccc3c2N(C1=O)C(C(=O)Nc1ccccc1)C3. The standard InChI is InChI=1S/C30H38N4O4/c1-4-9-22(27(31)35)23(16-18(2)3)28(36)33-24-15-14-19-10-8-11-20-17-25(34(26(19)20)30(24)38)29(37)32-21-12-6-5-7-13-21/h5-8,10-13,18,22-25H,4,9,14-17H2,1-3H3,(H2,31,35)(H,32,37)(H,33,36). The van der Waals surface area contributed by atoms with Crippen LogP contribution in [0.15, 0.2) is 48.5 Å². The van der Waals surface area contributed by atoms with E-state index < -0.39 is 29.8 Å². The van der Waals surface area contributed by atoms with Gasteiger partial charge in [-0.25, -0.2) is 0 Å². The summed E-state index contributed by atoms with van der Waals surface area (Å²) in [7, 11) is 0. The van der Waals surface area contributed by atoms with Gasteiger partial charge in [0.2, 0.25) is 23.6 Å². The van der Waals surface area contributed by atoms with Crippen molar-refractivity contribution in [1.29, 1.82) is 0 Å². The van der Waals surface area contributed by atoms with Crippen molar-refractivity contribution in [3.63, 3.8) is 0 Å². The van der Waals surface area contributed by atoms with Crippen molar-refractivity contribution in [1.82, 2.24) is 5.32 Å². The monoisotopic (exact) mass is 518 g/mol. The van der Waals surface area contributed by atoms with Gasteiger partial charge in [0.15, 0.2) is 0 Å². The third-order valence-corrected chi connectivity index (χ3v) is 7.58. The minimum Gasteiger partial charge on any atom is -0.369 e. The number of nitrogens with two attached hydrogens (primary N) is 1. The average molecular weight is 519 g/mol. The van der Waals surface area contributed by atoms with E-state index >= 15 is 0 Å². The summed E-state index contributed by atoms with van der Waals surface area (Å²) in [5.74, 6) is -2.43. The molecule has 0 saturated heterocycles. The van der Waals surface area contributed by atoms with Gasteiger partial charge in [0, 0.05) is 23.9 Å². The summed E-state index contributed by atoms with van der Waals surface area (Å²) in [5, 5.41) is 5.90. The van der Waals surface area contributed by atoms with E-state index in [4.69, 9.17) is 5.73 Å². The lowest BCUT2D eigenvalue weighted by molar-refractivity contribution is -0.136. The van der Waals surface area contributed by atoms with E-state index in [1.165, 1.54) is 0 Å². The summed E-state index contributed by atoms with van der Waals surface area (Å²) >= 11 is 0. The lowest BCUT2D eigenvalue weighted by atomic mass is 9.81. The molecular weight excluding hydrogens is 480 g/mol. The van der Waals surface area contributed by atoms with Crippen LogP contribution < -0.4 is 21.3 Å². The van der Waals surface area contributed by atoms with Crippen LogP contribution in [0.4, 0.5) is 11.4 Å². The number of amides is 4. The Balaban J connectivity index is 1.60. The van der Waals surface area contributed by atoms with E-state index in [-0.39, 0.29) is 23.6 Å². The lowest BCUT2D eigenvalue weighted by Gasteiger charge is -2.30. The van der Waals surface area contributed by atoms with E-state index in [9.17, 15) is 19.2 Å². The van der Waals surface area contributed by atoms with Gasteiger partial charge in [0.25, 0.3) is 0 Å². The van der Waals surface area contributed by atoms with Gasteiger partial charge in [0.05, 0.1) is 5.69 Å². The highest BCUT2D eigenvalue weighted by atomic mass is 16.2. The predicted molar refractivity (Wildman–Crippen MR) is 147 cm³/mol. The van der Waals surface area contributed by atoms with Gasteiger partial charge < -0.3 is 16.4 Å². The Kier molecular flexibility index (Phi) is 8.49. The van der Waals surface area contributed by atoms with Crippen LogP contribution in [0.1, 0.15) is 57.6 Å². The highest BCUT2D eigenvalue weighted by molar-refractivity contribution is 6.10. The molecule has 4 N–H and O–H groups in total. The topological polar surface area (TPSA) is 122 Å². The second kappa shape index (κ2) is 11.8. The summed E-state index contributed by atoms with van der Waals surface area (Å²) < 4.78 is 0. The van der Waals surface area contributed by atoms with E-state index in [0.29, 0.717) is 37.8 Å². The maximum absolute atomic E-state index is 14.0. The smallest absolute Gasteiger partial charge is 0.250 e. The molecule has 4 amide bonds. The van der Waals surface area contributed by atoms with Gasteiger partial charge in [-0.15, -0.1) is 0 Å². The molecule has 0 aromatic heterocycles. The second-order valence-corrected chi connectivity index (χ2v) is 10.8. The molecule has 0 radical (unpaired) electrons. The first-order valence-corrected chi connectivity index (χ1v) is 13.6. The zero-order chi connectivity index (χ0) is 27.4. The maximum Gasteiger partial charge on any atom is 0.250 e. The normalized spacial score (nSPS) is 19.9. The Morgan fingerprint density at radius 2 is 1.74 bits per heavy atom. The number of carbonyl (C=O) groups excluding carboxylic acids is 4. The average Bonchev–Trinajstić information content (AvgIpc) is 3.22. The molecule has 4 rings (SSSR count). The van der Waals surface area contributed by atoms with Gasteiger partial charge in [-0.05, 0) is 54.9 Å². The van der Waals surface area contributed by atoms with Crippen molar-refractivity contribution in [2.75, 3.05) is 10.2 Å². The van der Waals surface area contributed by atoms with E-state index in [0.717, 1.165) is 23.2 Å². The lowest BCUT2D eigenvalue weighted by Crippen LogP contribution is -2.55. The molecule has 4 atom stereocenters. The van der Waals surface area contributed by atoms with Crippen molar-refractivity contribution < 1.29 is 19.2 Å². The minimum absolute atomic E-state index is 0.172. The van der Waals surface area contributed by atoms with E-state index in [1.807, 2.05) is 57.2 Å². The summed E-state index contributed by atoms with van der Waals surface area (Å²) in [6.45, 7) is 5.96. The summed E-state index contributed by atoms with van der Waals surface area (Å²) in [6.07, 6.45) is 3.14. The van der Waals surface area contributed by atoms with Crippen molar-refractivity contribution in [3.8, 4) is 0 Å². The Morgan fingerprint density at radius 1 is 1.03 bits per heavy atom. The zero-order valence-corrected chi connectivity index (χ0v) is 22.4. The van der Waals surface area contributed by atoms with Gasteiger partial charge in [-0.2, -0.15) is 0 Å². The maximum atomic E-state index is 14.0. The Bertz CT molecular complexity index is 1200. The summed E-state index contributed by atoms with van der Waals surface area (Å²) in [4.78, 5) is 54.8. The fourth-order valence-corrected chi connectivity index (χ4v) is 5.82. The Labute approximate surface area is 224 Å². The molecule has 0 fully saturated rings. The molecule has 2 heterocycles. The number of para-hydroxylation sites is 2. The van der Waals surface area contributed by atoms with Gasteiger partial charge >= 0.3 is 0 Å². The number of hydrogen-bond donors (Lipinski definition) is 3. The molecule has 0 spiro atoms. The van der Waals surface area contributed by atoms with Crippen LogP contribution in [0.3, 0.4) is 0 Å². The van der Waals surface area contributed by atoms with Crippen LogP contribution in [-0.2, 0) is 32.0 Å². The number of primary amides is 1. The molecule has 0 bridgehead atoms. The minimum atomic E-state index is -0.808. The van der Waals surface area contributed by atoms with Crippen LogP contribution in [0.2, 0.25) is 0 Å². The summed E-state index contributed by atoms with van der Waals surface area (Å²) in [5.41, 5.74) is 9.08. The van der Waals surface area contributed by atoms with Crippen LogP contribution >= 0.6 is 0 Å². The molecule has 202 valence electrons. The molecule has 8 heteroatoms. The Hall–Kier alpha value is -3.68.